The van der Waals surface area contributed by atoms with Crippen LogP contribution in [0.3, 0.4) is 0 Å². The van der Waals surface area contributed by atoms with Crippen molar-refractivity contribution in [2.24, 2.45) is 5.11 Å². The molecule has 1 aliphatic heterocycles. The molecule has 1 N–H and O–H groups in total. The summed E-state index contributed by atoms with van der Waals surface area (Å²) in [4.78, 5) is 14.6. The molecule has 1 saturated heterocycles. The Hall–Kier alpha value is -2.12. The van der Waals surface area contributed by atoms with E-state index < -0.39 is 36.1 Å². The first-order chi connectivity index (χ1) is 10.9. The number of aliphatic hydroxyl groups is 1. The van der Waals surface area contributed by atoms with E-state index in [1.165, 1.54) is 7.11 Å². The van der Waals surface area contributed by atoms with Crippen molar-refractivity contribution in [1.82, 2.24) is 0 Å². The maximum absolute atomic E-state index is 11.8. The van der Waals surface area contributed by atoms with E-state index in [4.69, 9.17) is 19.7 Å². The summed E-state index contributed by atoms with van der Waals surface area (Å²) in [6.45, 7) is 3.48. The molecule has 0 saturated carbocycles. The molecule has 1 aromatic rings. The van der Waals surface area contributed by atoms with Crippen molar-refractivity contribution in [3.05, 3.63) is 45.3 Å². The highest BCUT2D eigenvalue weighted by atomic mass is 16.8. The summed E-state index contributed by atoms with van der Waals surface area (Å²) in [6.07, 6.45) is -2.26. The molecule has 4 atom stereocenters. The predicted octanol–water partition coefficient (Wildman–Crippen LogP) is 2.39. The zero-order valence-corrected chi connectivity index (χ0v) is 13.0. The van der Waals surface area contributed by atoms with Crippen molar-refractivity contribution in [1.29, 1.82) is 0 Å². The Labute approximate surface area is 132 Å². The van der Waals surface area contributed by atoms with Gasteiger partial charge in [-0.3, -0.25) is 0 Å². The molecule has 1 heterocycles. The standard InChI is InChI=1S/C15H17N3O5/c1-15(2)22-12-9-6-7(14(20)21-3)4-5-8(9)10(17-18-16)11(19)13(12)23-15/h4-6,10-13,19H,1-3H3/t10-,11+,12+,13-/m0/s1. The number of ether oxygens (including phenoxy) is 3. The number of methoxy groups -OCH3 is 1. The van der Waals surface area contributed by atoms with Crippen LogP contribution in [0.2, 0.25) is 0 Å². The number of hydrogen-bond acceptors (Lipinski definition) is 6. The van der Waals surface area contributed by atoms with E-state index in [0.29, 0.717) is 16.7 Å². The first-order valence-corrected chi connectivity index (χ1v) is 7.18. The summed E-state index contributed by atoms with van der Waals surface area (Å²) < 4.78 is 16.4. The van der Waals surface area contributed by atoms with E-state index in [0.717, 1.165) is 0 Å². The largest absolute Gasteiger partial charge is 0.465 e. The van der Waals surface area contributed by atoms with Crippen molar-refractivity contribution in [3.63, 3.8) is 0 Å². The molecule has 0 spiro atoms. The topological polar surface area (TPSA) is 114 Å². The number of carbonyl (C=O) groups excluding carboxylic acids is 1. The van der Waals surface area contributed by atoms with Gasteiger partial charge in [-0.1, -0.05) is 11.2 Å². The van der Waals surface area contributed by atoms with Gasteiger partial charge in [-0.05, 0) is 42.6 Å². The Balaban J connectivity index is 2.14. The van der Waals surface area contributed by atoms with E-state index in [1.54, 1.807) is 32.0 Å². The number of azide groups is 1. The molecule has 2 aliphatic rings. The van der Waals surface area contributed by atoms with Crippen molar-refractivity contribution >= 4 is 5.97 Å². The fourth-order valence-corrected chi connectivity index (χ4v) is 3.16. The van der Waals surface area contributed by atoms with Crippen LogP contribution >= 0.6 is 0 Å². The smallest absolute Gasteiger partial charge is 0.337 e. The highest BCUT2D eigenvalue weighted by molar-refractivity contribution is 5.89. The molecule has 1 aliphatic carbocycles. The summed E-state index contributed by atoms with van der Waals surface area (Å²) in [5.74, 6) is -1.37. The molecule has 0 unspecified atom stereocenters. The van der Waals surface area contributed by atoms with Crippen molar-refractivity contribution in [2.75, 3.05) is 7.11 Å². The van der Waals surface area contributed by atoms with Gasteiger partial charge in [-0.2, -0.15) is 0 Å². The Morgan fingerprint density at radius 3 is 2.78 bits per heavy atom. The lowest BCUT2D eigenvalue weighted by Gasteiger charge is -2.34. The molecule has 0 bridgehead atoms. The van der Waals surface area contributed by atoms with Gasteiger partial charge in [0.25, 0.3) is 0 Å². The van der Waals surface area contributed by atoms with Crippen LogP contribution in [0, 0.1) is 0 Å². The zero-order valence-electron chi connectivity index (χ0n) is 13.0. The van der Waals surface area contributed by atoms with Crippen LogP contribution in [-0.4, -0.2) is 36.2 Å². The fourth-order valence-electron chi connectivity index (χ4n) is 3.16. The third kappa shape index (κ3) is 2.55. The van der Waals surface area contributed by atoms with Crippen LogP contribution in [0.15, 0.2) is 23.3 Å². The molecule has 0 radical (unpaired) electrons. The second-order valence-electron chi connectivity index (χ2n) is 6.00. The maximum atomic E-state index is 11.8. The van der Waals surface area contributed by atoms with Crippen LogP contribution in [0.1, 0.15) is 47.5 Å². The van der Waals surface area contributed by atoms with Gasteiger partial charge in [-0.15, -0.1) is 0 Å². The summed E-state index contributed by atoms with van der Waals surface area (Å²) in [6, 6.07) is 4.05. The van der Waals surface area contributed by atoms with Gasteiger partial charge >= 0.3 is 5.97 Å². The molecule has 8 heteroatoms. The van der Waals surface area contributed by atoms with Crippen LogP contribution in [0.25, 0.3) is 10.4 Å². The monoisotopic (exact) mass is 319 g/mol. The second kappa shape index (κ2) is 5.50. The Bertz CT molecular complexity index is 698. The van der Waals surface area contributed by atoms with Crippen molar-refractivity contribution in [3.8, 4) is 0 Å². The lowest BCUT2D eigenvalue weighted by molar-refractivity contribution is -0.155. The highest BCUT2D eigenvalue weighted by Gasteiger charge is 2.52. The zero-order chi connectivity index (χ0) is 16.8. The predicted molar refractivity (Wildman–Crippen MR) is 78.5 cm³/mol. The minimum absolute atomic E-state index is 0.356. The first kappa shape index (κ1) is 15.8. The van der Waals surface area contributed by atoms with Gasteiger partial charge < -0.3 is 19.3 Å². The van der Waals surface area contributed by atoms with Crippen LogP contribution < -0.4 is 0 Å². The second-order valence-corrected chi connectivity index (χ2v) is 6.00. The minimum Gasteiger partial charge on any atom is -0.465 e. The van der Waals surface area contributed by atoms with Crippen molar-refractivity contribution in [2.45, 2.75) is 44.0 Å². The number of aliphatic hydroxyl groups excluding tert-OH is 1. The number of benzene rings is 1. The molecule has 23 heavy (non-hydrogen) atoms. The molecule has 1 aromatic carbocycles. The lowest BCUT2D eigenvalue weighted by atomic mass is 9.81. The average Bonchev–Trinajstić information content (AvgIpc) is 2.86. The van der Waals surface area contributed by atoms with E-state index >= 15 is 0 Å². The number of fused-ring (bicyclic) bond motifs is 3. The third-order valence-corrected chi connectivity index (χ3v) is 4.10. The molecule has 122 valence electrons. The number of esters is 1. The Morgan fingerprint density at radius 1 is 1.39 bits per heavy atom. The highest BCUT2D eigenvalue weighted by Crippen LogP contribution is 2.49. The quantitative estimate of drug-likeness (QED) is 0.389. The molecule has 3 rings (SSSR count). The normalized spacial score (nSPS) is 30.8. The van der Waals surface area contributed by atoms with E-state index in [2.05, 4.69) is 10.0 Å². The molecule has 8 nitrogen and oxygen atoms in total. The average molecular weight is 319 g/mol. The van der Waals surface area contributed by atoms with E-state index in [9.17, 15) is 9.90 Å². The van der Waals surface area contributed by atoms with Gasteiger partial charge in [-0.25, -0.2) is 4.79 Å². The van der Waals surface area contributed by atoms with Gasteiger partial charge in [0.2, 0.25) is 0 Å². The molecule has 0 amide bonds. The molecular formula is C15H17N3O5. The third-order valence-electron chi connectivity index (χ3n) is 4.10. The summed E-state index contributed by atoms with van der Waals surface area (Å²) in [7, 11) is 1.30. The SMILES string of the molecule is COC(=O)c1ccc2c(c1)[C@H]1OC(C)(C)O[C@H]1[C@H](O)[C@H]2N=[N+]=[N-]. The van der Waals surface area contributed by atoms with Crippen molar-refractivity contribution < 1.29 is 24.1 Å². The van der Waals surface area contributed by atoms with Crippen LogP contribution in [-0.2, 0) is 14.2 Å². The number of hydrogen-bond donors (Lipinski definition) is 1. The van der Waals surface area contributed by atoms with Gasteiger partial charge in [0, 0.05) is 4.91 Å². The fraction of sp³-hybridized carbons (Fsp3) is 0.533. The summed E-state index contributed by atoms with van der Waals surface area (Å²) >= 11 is 0. The van der Waals surface area contributed by atoms with Gasteiger partial charge in [0.05, 0.1) is 24.8 Å². The van der Waals surface area contributed by atoms with Crippen LogP contribution in [0.5, 0.6) is 0 Å². The molecular weight excluding hydrogens is 302 g/mol. The minimum atomic E-state index is -1.03. The number of rotatable bonds is 2. The number of nitrogens with zero attached hydrogens (tertiary/aromatic N) is 3. The summed E-state index contributed by atoms with van der Waals surface area (Å²) in [5, 5.41) is 14.2. The van der Waals surface area contributed by atoms with E-state index in [-0.39, 0.29) is 0 Å². The van der Waals surface area contributed by atoms with Gasteiger partial charge in [0.1, 0.15) is 12.2 Å². The first-order valence-electron chi connectivity index (χ1n) is 7.18. The molecule has 1 fully saturated rings. The Kier molecular flexibility index (Phi) is 3.77. The maximum Gasteiger partial charge on any atom is 0.337 e. The lowest BCUT2D eigenvalue weighted by Crippen LogP contribution is -2.40. The Morgan fingerprint density at radius 2 is 2.13 bits per heavy atom. The number of carbonyl (C=O) groups is 1. The van der Waals surface area contributed by atoms with E-state index in [1.807, 2.05) is 0 Å². The van der Waals surface area contributed by atoms with Gasteiger partial charge in [0.15, 0.2) is 5.79 Å². The van der Waals surface area contributed by atoms with Crippen LogP contribution in [0.4, 0.5) is 0 Å². The molecule has 0 aromatic heterocycles. The summed E-state index contributed by atoms with van der Waals surface area (Å²) in [5.41, 5.74) is 10.4.